The van der Waals surface area contributed by atoms with Crippen LogP contribution in [0.2, 0.25) is 5.02 Å². The Kier molecular flexibility index (Phi) is 7.11. The van der Waals surface area contributed by atoms with Gasteiger partial charge in [0.2, 0.25) is 0 Å². The van der Waals surface area contributed by atoms with Crippen LogP contribution in [0.25, 0.3) is 5.76 Å². The summed E-state index contributed by atoms with van der Waals surface area (Å²) in [5, 5.41) is 21.9. The fourth-order valence-electron chi connectivity index (χ4n) is 2.15. The lowest BCUT2D eigenvalue weighted by molar-refractivity contribution is -0.386. The van der Waals surface area contributed by atoms with Gasteiger partial charge in [0.05, 0.1) is 11.5 Å². The topological polar surface area (TPSA) is 116 Å². The quantitative estimate of drug-likeness (QED) is 0.177. The zero-order valence-corrected chi connectivity index (χ0v) is 15.5. The fourth-order valence-corrected chi connectivity index (χ4v) is 2.28. The number of aliphatic hydroxyl groups excluding tert-OH is 1. The summed E-state index contributed by atoms with van der Waals surface area (Å²) in [6.07, 6.45) is 0.644. The summed E-state index contributed by atoms with van der Waals surface area (Å²) in [5.74, 6) is -2.84. The highest BCUT2D eigenvalue weighted by atomic mass is 35.5. The lowest BCUT2D eigenvalue weighted by Gasteiger charge is -2.08. The van der Waals surface area contributed by atoms with Crippen LogP contribution in [0.3, 0.4) is 0 Å². The Hall–Kier alpha value is -3.39. The van der Waals surface area contributed by atoms with Gasteiger partial charge in [0.15, 0.2) is 5.75 Å². The van der Waals surface area contributed by atoms with Crippen molar-refractivity contribution in [2.75, 3.05) is 6.61 Å². The number of carbonyl (C=O) groups excluding carboxylic acids is 2. The Morgan fingerprint density at radius 3 is 2.50 bits per heavy atom. The van der Waals surface area contributed by atoms with E-state index in [0.717, 1.165) is 11.6 Å². The first-order valence-corrected chi connectivity index (χ1v) is 8.47. The van der Waals surface area contributed by atoms with Gasteiger partial charge in [-0.1, -0.05) is 23.7 Å². The maximum Gasteiger partial charge on any atom is 0.379 e. The van der Waals surface area contributed by atoms with Crippen molar-refractivity contribution in [3.8, 4) is 5.75 Å². The second-order valence-electron chi connectivity index (χ2n) is 5.47. The Morgan fingerprint density at radius 1 is 1.21 bits per heavy atom. The van der Waals surface area contributed by atoms with Crippen LogP contribution in [-0.2, 0) is 20.9 Å². The normalized spacial score (nSPS) is 11.0. The number of carbonyl (C=O) groups is 2. The number of rotatable bonds is 8. The number of ketones is 1. The van der Waals surface area contributed by atoms with E-state index in [9.17, 15) is 24.8 Å². The molecule has 0 aliphatic rings. The average molecular weight is 406 g/mol. The number of nitro benzene ring substituents is 1. The standard InChI is InChI=1S/C19H16ClNO7/c1-2-27-19(24)17(23)10-16(22)13-5-8-18(15(9-13)21(25)26)28-11-12-3-6-14(20)7-4-12/h3-10,22H,2,11H2,1H3/b16-10-. The van der Waals surface area contributed by atoms with Crippen LogP contribution in [0, 0.1) is 10.1 Å². The molecule has 146 valence electrons. The van der Waals surface area contributed by atoms with Gasteiger partial charge in [-0.2, -0.15) is 0 Å². The zero-order chi connectivity index (χ0) is 20.7. The van der Waals surface area contributed by atoms with Crippen LogP contribution >= 0.6 is 11.6 Å². The van der Waals surface area contributed by atoms with E-state index in [1.165, 1.54) is 19.1 Å². The maximum atomic E-state index is 11.6. The SMILES string of the molecule is CCOC(=O)C(=O)/C=C(\O)c1ccc(OCc2ccc(Cl)cc2)c([N+](=O)[O-])c1. The third-order valence-corrected chi connectivity index (χ3v) is 3.76. The first-order chi connectivity index (χ1) is 13.3. The summed E-state index contributed by atoms with van der Waals surface area (Å²) in [6.45, 7) is 1.60. The summed E-state index contributed by atoms with van der Waals surface area (Å²) in [5.41, 5.74) is 0.323. The second kappa shape index (κ2) is 9.52. The van der Waals surface area contributed by atoms with Crippen LogP contribution < -0.4 is 4.74 Å². The molecule has 2 aromatic rings. The van der Waals surface area contributed by atoms with Crippen molar-refractivity contribution >= 4 is 34.8 Å². The maximum absolute atomic E-state index is 11.6. The van der Waals surface area contributed by atoms with E-state index in [-0.39, 0.29) is 24.5 Å². The molecule has 0 spiro atoms. The molecule has 0 amide bonds. The highest BCUT2D eigenvalue weighted by molar-refractivity contribution is 6.39. The molecule has 8 nitrogen and oxygen atoms in total. The van der Waals surface area contributed by atoms with Crippen molar-refractivity contribution in [2.24, 2.45) is 0 Å². The predicted octanol–water partition coefficient (Wildman–Crippen LogP) is 3.86. The van der Waals surface area contributed by atoms with Crippen molar-refractivity contribution in [1.82, 2.24) is 0 Å². The molecule has 0 aliphatic carbocycles. The van der Waals surface area contributed by atoms with Crippen molar-refractivity contribution in [3.05, 3.63) is 74.8 Å². The van der Waals surface area contributed by atoms with Crippen LogP contribution in [0.5, 0.6) is 5.75 Å². The van der Waals surface area contributed by atoms with Crippen LogP contribution in [-0.4, -0.2) is 28.4 Å². The average Bonchev–Trinajstić information content (AvgIpc) is 2.67. The van der Waals surface area contributed by atoms with Gasteiger partial charge in [0, 0.05) is 22.7 Å². The first-order valence-electron chi connectivity index (χ1n) is 8.09. The van der Waals surface area contributed by atoms with Crippen LogP contribution in [0.15, 0.2) is 48.5 Å². The highest BCUT2D eigenvalue weighted by Crippen LogP contribution is 2.30. The molecule has 2 rings (SSSR count). The van der Waals surface area contributed by atoms with E-state index < -0.39 is 28.1 Å². The molecule has 9 heteroatoms. The molecular weight excluding hydrogens is 390 g/mol. The Morgan fingerprint density at radius 2 is 1.89 bits per heavy atom. The predicted molar refractivity (Wildman–Crippen MR) is 101 cm³/mol. The molecule has 0 aromatic heterocycles. The third kappa shape index (κ3) is 5.55. The Labute approximate surface area is 165 Å². The van der Waals surface area contributed by atoms with Gasteiger partial charge in [0.1, 0.15) is 12.4 Å². The molecule has 0 fully saturated rings. The van der Waals surface area contributed by atoms with Crippen molar-refractivity contribution in [1.29, 1.82) is 0 Å². The number of ether oxygens (including phenoxy) is 2. The lowest BCUT2D eigenvalue weighted by atomic mass is 10.1. The van der Waals surface area contributed by atoms with E-state index in [1.54, 1.807) is 24.3 Å². The molecule has 0 radical (unpaired) electrons. The number of benzene rings is 2. The van der Waals surface area contributed by atoms with Crippen LogP contribution in [0.1, 0.15) is 18.1 Å². The number of hydrogen-bond acceptors (Lipinski definition) is 7. The minimum Gasteiger partial charge on any atom is -0.507 e. The van der Waals surface area contributed by atoms with Gasteiger partial charge >= 0.3 is 11.7 Å². The summed E-state index contributed by atoms with van der Waals surface area (Å²) >= 11 is 5.80. The molecule has 0 heterocycles. The lowest BCUT2D eigenvalue weighted by Crippen LogP contribution is -2.15. The molecule has 0 saturated carbocycles. The van der Waals surface area contributed by atoms with E-state index >= 15 is 0 Å². The number of halogens is 1. The third-order valence-electron chi connectivity index (χ3n) is 3.50. The Bertz CT molecular complexity index is 922. The molecule has 0 unspecified atom stereocenters. The molecule has 1 N–H and O–H groups in total. The number of esters is 1. The molecule has 2 aromatic carbocycles. The molecule has 0 aliphatic heterocycles. The minimum absolute atomic E-state index is 0.00427. The largest absolute Gasteiger partial charge is 0.507 e. The Balaban J connectivity index is 2.21. The van der Waals surface area contributed by atoms with Gasteiger partial charge in [0.25, 0.3) is 5.78 Å². The number of nitro groups is 1. The van der Waals surface area contributed by atoms with E-state index in [1.807, 2.05) is 0 Å². The molecule has 0 bridgehead atoms. The summed E-state index contributed by atoms with van der Waals surface area (Å²) in [4.78, 5) is 33.6. The van der Waals surface area contributed by atoms with Crippen LogP contribution in [0.4, 0.5) is 5.69 Å². The minimum atomic E-state index is -1.13. The molecule has 0 saturated heterocycles. The van der Waals surface area contributed by atoms with Gasteiger partial charge < -0.3 is 14.6 Å². The summed E-state index contributed by atoms with van der Waals surface area (Å²) in [7, 11) is 0. The number of aliphatic hydroxyl groups is 1. The number of nitrogens with zero attached hydrogens (tertiary/aromatic N) is 1. The van der Waals surface area contributed by atoms with Gasteiger partial charge in [-0.15, -0.1) is 0 Å². The van der Waals surface area contributed by atoms with Gasteiger partial charge in [-0.05, 0) is 36.8 Å². The molecule has 28 heavy (non-hydrogen) atoms. The van der Waals surface area contributed by atoms with E-state index in [4.69, 9.17) is 16.3 Å². The molecule has 0 atom stereocenters. The zero-order valence-electron chi connectivity index (χ0n) is 14.8. The van der Waals surface area contributed by atoms with E-state index in [0.29, 0.717) is 11.1 Å². The van der Waals surface area contributed by atoms with E-state index in [2.05, 4.69) is 4.74 Å². The fraction of sp³-hybridized carbons (Fsp3) is 0.158. The van der Waals surface area contributed by atoms with Crippen molar-refractivity contribution in [2.45, 2.75) is 13.5 Å². The monoisotopic (exact) mass is 405 g/mol. The first kappa shape index (κ1) is 20.9. The van der Waals surface area contributed by atoms with Crippen molar-refractivity contribution in [3.63, 3.8) is 0 Å². The van der Waals surface area contributed by atoms with Crippen molar-refractivity contribution < 1.29 is 29.1 Å². The van der Waals surface area contributed by atoms with Gasteiger partial charge in [-0.3, -0.25) is 14.9 Å². The summed E-state index contributed by atoms with van der Waals surface area (Å²) < 4.78 is 10.0. The van der Waals surface area contributed by atoms with Gasteiger partial charge in [-0.25, -0.2) is 4.79 Å². The second-order valence-corrected chi connectivity index (χ2v) is 5.91. The number of hydrogen-bond donors (Lipinski definition) is 1. The highest BCUT2D eigenvalue weighted by Gasteiger charge is 2.19. The smallest absolute Gasteiger partial charge is 0.379 e. The summed E-state index contributed by atoms with van der Waals surface area (Å²) in [6, 6.07) is 10.4. The molecular formula is C19H16ClNO7.